The number of aliphatic hydroxyl groups excluding tert-OH is 1. The molecule has 0 fully saturated rings. The van der Waals surface area contributed by atoms with E-state index in [4.69, 9.17) is 5.11 Å². The topological polar surface area (TPSA) is 49.3 Å². The zero-order chi connectivity index (χ0) is 14.6. The molecule has 0 radical (unpaired) electrons. The molecule has 0 bridgehead atoms. The number of hydrogen-bond donors (Lipinski definition) is 2. The third-order valence-corrected chi connectivity index (χ3v) is 2.66. The van der Waals surface area contributed by atoms with Crippen molar-refractivity contribution in [3.63, 3.8) is 0 Å². The maximum absolute atomic E-state index is 13.3. The standard InChI is InChI=1S/C13H16F3NO2/c1-13(2,7-18)6-17-10(19)5-8-3-4-9(14)12(16)11(8)15/h3-4,18H,5-7H2,1-2H3,(H,17,19). The Labute approximate surface area is 109 Å². The molecule has 0 heterocycles. The summed E-state index contributed by atoms with van der Waals surface area (Å²) in [6.45, 7) is 3.57. The molecule has 0 saturated carbocycles. The van der Waals surface area contributed by atoms with E-state index in [-0.39, 0.29) is 25.1 Å². The van der Waals surface area contributed by atoms with Gasteiger partial charge in [0.25, 0.3) is 0 Å². The van der Waals surface area contributed by atoms with Crippen molar-refractivity contribution in [1.82, 2.24) is 5.32 Å². The molecular weight excluding hydrogens is 259 g/mol. The van der Waals surface area contributed by atoms with Crippen LogP contribution in [-0.4, -0.2) is 24.2 Å². The molecule has 1 rings (SSSR count). The van der Waals surface area contributed by atoms with Gasteiger partial charge in [-0.3, -0.25) is 4.79 Å². The van der Waals surface area contributed by atoms with Gasteiger partial charge in [-0.05, 0) is 6.07 Å². The number of hydrogen-bond acceptors (Lipinski definition) is 2. The second kappa shape index (κ2) is 6.06. The van der Waals surface area contributed by atoms with E-state index >= 15 is 0 Å². The molecule has 0 aliphatic heterocycles. The van der Waals surface area contributed by atoms with Crippen molar-refractivity contribution in [2.24, 2.45) is 5.41 Å². The average molecular weight is 275 g/mol. The van der Waals surface area contributed by atoms with Crippen molar-refractivity contribution in [3.8, 4) is 0 Å². The maximum atomic E-state index is 13.3. The molecule has 0 aliphatic carbocycles. The lowest BCUT2D eigenvalue weighted by molar-refractivity contribution is -0.121. The van der Waals surface area contributed by atoms with E-state index in [1.165, 1.54) is 0 Å². The summed E-state index contributed by atoms with van der Waals surface area (Å²) in [4.78, 5) is 11.5. The fourth-order valence-corrected chi connectivity index (χ4v) is 1.33. The first-order valence-electron chi connectivity index (χ1n) is 5.77. The number of aliphatic hydroxyl groups is 1. The predicted molar refractivity (Wildman–Crippen MR) is 63.9 cm³/mol. The third kappa shape index (κ3) is 4.24. The number of carbonyl (C=O) groups excluding carboxylic acids is 1. The fraction of sp³-hybridized carbons (Fsp3) is 0.462. The second-order valence-electron chi connectivity index (χ2n) is 5.11. The molecule has 0 unspecified atom stereocenters. The molecule has 0 atom stereocenters. The Bertz CT molecular complexity index is 475. The Kier molecular flexibility index (Phi) is 4.94. The number of halogens is 3. The molecule has 0 spiro atoms. The van der Waals surface area contributed by atoms with Crippen LogP contribution in [-0.2, 0) is 11.2 Å². The van der Waals surface area contributed by atoms with Gasteiger partial charge in [0.05, 0.1) is 6.42 Å². The summed E-state index contributed by atoms with van der Waals surface area (Å²) in [5.74, 6) is -4.74. The summed E-state index contributed by atoms with van der Waals surface area (Å²) in [6.07, 6.45) is -0.384. The van der Waals surface area contributed by atoms with Gasteiger partial charge < -0.3 is 10.4 Å². The zero-order valence-electron chi connectivity index (χ0n) is 10.8. The van der Waals surface area contributed by atoms with Gasteiger partial charge in [-0.1, -0.05) is 19.9 Å². The van der Waals surface area contributed by atoms with Crippen LogP contribution in [0, 0.1) is 22.9 Å². The van der Waals surface area contributed by atoms with E-state index in [0.29, 0.717) is 0 Å². The van der Waals surface area contributed by atoms with E-state index in [0.717, 1.165) is 12.1 Å². The van der Waals surface area contributed by atoms with Crippen LogP contribution in [0.5, 0.6) is 0 Å². The highest BCUT2D eigenvalue weighted by Gasteiger charge is 2.19. The first-order valence-corrected chi connectivity index (χ1v) is 5.77. The number of nitrogens with one attached hydrogen (secondary N) is 1. The highest BCUT2D eigenvalue weighted by molar-refractivity contribution is 5.78. The van der Waals surface area contributed by atoms with Crippen LogP contribution in [0.2, 0.25) is 0 Å². The summed E-state index contributed by atoms with van der Waals surface area (Å²) in [5, 5.41) is 11.5. The summed E-state index contributed by atoms with van der Waals surface area (Å²) < 4.78 is 39.0. The second-order valence-corrected chi connectivity index (χ2v) is 5.11. The van der Waals surface area contributed by atoms with Crippen LogP contribution < -0.4 is 5.32 Å². The molecule has 3 nitrogen and oxygen atoms in total. The minimum Gasteiger partial charge on any atom is -0.396 e. The lowest BCUT2D eigenvalue weighted by Gasteiger charge is -2.21. The Balaban J connectivity index is 2.66. The molecule has 1 amide bonds. The molecule has 1 aromatic carbocycles. The fourth-order valence-electron chi connectivity index (χ4n) is 1.33. The van der Waals surface area contributed by atoms with E-state index in [2.05, 4.69) is 5.32 Å². The summed E-state index contributed by atoms with van der Waals surface area (Å²) in [7, 11) is 0. The van der Waals surface area contributed by atoms with E-state index in [9.17, 15) is 18.0 Å². The van der Waals surface area contributed by atoms with Crippen LogP contribution in [0.3, 0.4) is 0 Å². The van der Waals surface area contributed by atoms with Crippen LogP contribution in [0.1, 0.15) is 19.4 Å². The van der Waals surface area contributed by atoms with Gasteiger partial charge in [0.15, 0.2) is 17.5 Å². The number of amides is 1. The Hall–Kier alpha value is -1.56. The first-order chi connectivity index (χ1) is 8.76. The van der Waals surface area contributed by atoms with E-state index in [1.807, 2.05) is 0 Å². The molecule has 2 N–H and O–H groups in total. The lowest BCUT2D eigenvalue weighted by Crippen LogP contribution is -2.36. The molecule has 19 heavy (non-hydrogen) atoms. The summed E-state index contributed by atoms with van der Waals surface area (Å²) in [6, 6.07) is 1.81. The van der Waals surface area contributed by atoms with Crippen LogP contribution >= 0.6 is 0 Å². The molecular formula is C13H16F3NO2. The van der Waals surface area contributed by atoms with Gasteiger partial charge in [0, 0.05) is 24.1 Å². The normalized spacial score (nSPS) is 11.5. The van der Waals surface area contributed by atoms with Crippen molar-refractivity contribution < 1.29 is 23.1 Å². The highest BCUT2D eigenvalue weighted by atomic mass is 19.2. The first kappa shape index (κ1) is 15.5. The largest absolute Gasteiger partial charge is 0.396 e. The van der Waals surface area contributed by atoms with Gasteiger partial charge in [-0.15, -0.1) is 0 Å². The van der Waals surface area contributed by atoms with E-state index in [1.54, 1.807) is 13.8 Å². The predicted octanol–water partition coefficient (Wildman–Crippen LogP) is 1.78. The summed E-state index contributed by atoms with van der Waals surface area (Å²) >= 11 is 0. The van der Waals surface area contributed by atoms with Crippen LogP contribution in [0.4, 0.5) is 13.2 Å². The van der Waals surface area contributed by atoms with Crippen molar-refractivity contribution in [2.75, 3.05) is 13.2 Å². The van der Waals surface area contributed by atoms with Crippen LogP contribution in [0.25, 0.3) is 0 Å². The molecule has 106 valence electrons. The average Bonchev–Trinajstić information content (AvgIpc) is 2.37. The highest BCUT2D eigenvalue weighted by Crippen LogP contribution is 2.16. The van der Waals surface area contributed by atoms with E-state index < -0.39 is 28.8 Å². The van der Waals surface area contributed by atoms with Crippen LogP contribution in [0.15, 0.2) is 12.1 Å². The number of benzene rings is 1. The SMILES string of the molecule is CC(C)(CO)CNC(=O)Cc1ccc(F)c(F)c1F. The Morgan fingerprint density at radius 1 is 1.26 bits per heavy atom. The lowest BCUT2D eigenvalue weighted by atomic mass is 9.95. The number of rotatable bonds is 5. The molecule has 1 aromatic rings. The summed E-state index contributed by atoms with van der Waals surface area (Å²) in [5.41, 5.74) is -0.708. The van der Waals surface area contributed by atoms with Gasteiger partial charge in [-0.2, -0.15) is 0 Å². The van der Waals surface area contributed by atoms with Gasteiger partial charge in [0.2, 0.25) is 5.91 Å². The van der Waals surface area contributed by atoms with Crippen molar-refractivity contribution in [3.05, 3.63) is 35.1 Å². The molecule has 0 aromatic heterocycles. The minimum atomic E-state index is -1.58. The molecule has 0 saturated heterocycles. The minimum absolute atomic E-state index is 0.118. The Morgan fingerprint density at radius 2 is 1.89 bits per heavy atom. The van der Waals surface area contributed by atoms with Crippen molar-refractivity contribution >= 4 is 5.91 Å². The zero-order valence-corrected chi connectivity index (χ0v) is 10.8. The third-order valence-electron chi connectivity index (χ3n) is 2.66. The monoisotopic (exact) mass is 275 g/mol. The van der Waals surface area contributed by atoms with Crippen molar-refractivity contribution in [2.45, 2.75) is 20.3 Å². The van der Waals surface area contributed by atoms with Gasteiger partial charge >= 0.3 is 0 Å². The molecule has 0 aliphatic rings. The quantitative estimate of drug-likeness (QED) is 0.805. The number of carbonyl (C=O) groups is 1. The van der Waals surface area contributed by atoms with Gasteiger partial charge in [-0.25, -0.2) is 13.2 Å². The van der Waals surface area contributed by atoms with Crippen molar-refractivity contribution in [1.29, 1.82) is 0 Å². The molecule has 6 heteroatoms. The maximum Gasteiger partial charge on any atom is 0.224 e. The smallest absolute Gasteiger partial charge is 0.224 e. The van der Waals surface area contributed by atoms with Gasteiger partial charge in [0.1, 0.15) is 0 Å². The Morgan fingerprint density at radius 3 is 2.47 bits per heavy atom.